The molecule has 3 rings (SSSR count). The van der Waals surface area contributed by atoms with Gasteiger partial charge in [-0.25, -0.2) is 4.98 Å². The molecule has 0 radical (unpaired) electrons. The van der Waals surface area contributed by atoms with Crippen molar-refractivity contribution >= 4 is 29.7 Å². The van der Waals surface area contributed by atoms with Gasteiger partial charge in [-0.15, -0.1) is 12.4 Å². The number of benzene rings is 1. The van der Waals surface area contributed by atoms with Crippen LogP contribution in [0.3, 0.4) is 0 Å². The second-order valence-electron chi connectivity index (χ2n) is 5.62. The molecule has 1 aromatic carbocycles. The van der Waals surface area contributed by atoms with Crippen LogP contribution in [-0.2, 0) is 13.6 Å². The van der Waals surface area contributed by atoms with Crippen LogP contribution in [0, 0.1) is 10.1 Å². The second-order valence-corrected chi connectivity index (χ2v) is 6.05. The second kappa shape index (κ2) is 7.94. The summed E-state index contributed by atoms with van der Waals surface area (Å²) in [6, 6.07) is 4.77. The maximum atomic E-state index is 11.3. The maximum absolute atomic E-state index is 11.3. The van der Waals surface area contributed by atoms with E-state index in [1.165, 1.54) is 6.07 Å². The zero-order valence-electron chi connectivity index (χ0n) is 13.2. The highest BCUT2D eigenvalue weighted by atomic mass is 35.5. The third-order valence-electron chi connectivity index (χ3n) is 4.12. The van der Waals surface area contributed by atoms with Gasteiger partial charge in [-0.1, -0.05) is 11.6 Å². The fourth-order valence-electron chi connectivity index (χ4n) is 2.97. The van der Waals surface area contributed by atoms with Crippen LogP contribution in [0.25, 0.3) is 0 Å². The van der Waals surface area contributed by atoms with Crippen molar-refractivity contribution < 1.29 is 4.92 Å². The van der Waals surface area contributed by atoms with Gasteiger partial charge < -0.3 is 9.88 Å². The standard InChI is InChI=1S/C15H18ClN5O2.ClH/c1-19-6-5-18-15(19)14-9-17-4-7-20(14)10-11-8-12(16)2-3-13(11)21(22)23;/h2-3,5-6,8,14,17H,4,7,9-10H2,1H3;1H. The highest BCUT2D eigenvalue weighted by molar-refractivity contribution is 6.30. The van der Waals surface area contributed by atoms with Crippen molar-refractivity contribution in [3.63, 3.8) is 0 Å². The molecule has 7 nitrogen and oxygen atoms in total. The van der Waals surface area contributed by atoms with Gasteiger partial charge in [-0.2, -0.15) is 0 Å². The summed E-state index contributed by atoms with van der Waals surface area (Å²) in [7, 11) is 1.96. The molecular weight excluding hydrogens is 353 g/mol. The fourth-order valence-corrected chi connectivity index (χ4v) is 3.16. The van der Waals surface area contributed by atoms with Crippen molar-refractivity contribution in [2.45, 2.75) is 12.6 Å². The molecular formula is C15H19Cl2N5O2. The summed E-state index contributed by atoms with van der Waals surface area (Å²) in [5, 5.41) is 15.1. The normalized spacial score (nSPS) is 18.2. The Morgan fingerprint density at radius 3 is 2.96 bits per heavy atom. The van der Waals surface area contributed by atoms with Crippen LogP contribution < -0.4 is 5.32 Å². The molecule has 0 amide bonds. The van der Waals surface area contributed by atoms with E-state index >= 15 is 0 Å². The molecule has 0 spiro atoms. The van der Waals surface area contributed by atoms with Gasteiger partial charge in [0, 0.05) is 62.3 Å². The average molecular weight is 372 g/mol. The third-order valence-corrected chi connectivity index (χ3v) is 4.36. The lowest BCUT2D eigenvalue weighted by molar-refractivity contribution is -0.385. The van der Waals surface area contributed by atoms with E-state index in [4.69, 9.17) is 11.6 Å². The molecule has 1 fully saturated rings. The van der Waals surface area contributed by atoms with Crippen molar-refractivity contribution in [1.29, 1.82) is 0 Å². The Hall–Kier alpha value is -1.67. The van der Waals surface area contributed by atoms with Gasteiger partial charge in [0.15, 0.2) is 0 Å². The van der Waals surface area contributed by atoms with Crippen LogP contribution in [0.5, 0.6) is 0 Å². The Balaban J connectivity index is 0.00000208. The fraction of sp³-hybridized carbons (Fsp3) is 0.400. The Morgan fingerprint density at radius 1 is 1.50 bits per heavy atom. The Bertz CT molecular complexity index is 722. The number of aryl methyl sites for hydroxylation is 1. The van der Waals surface area contributed by atoms with Gasteiger partial charge in [-0.3, -0.25) is 15.0 Å². The summed E-state index contributed by atoms with van der Waals surface area (Å²) >= 11 is 6.03. The Morgan fingerprint density at radius 2 is 2.29 bits per heavy atom. The monoisotopic (exact) mass is 371 g/mol. The minimum atomic E-state index is -0.358. The van der Waals surface area contributed by atoms with Crippen LogP contribution in [0.15, 0.2) is 30.6 Å². The molecule has 1 atom stereocenters. The van der Waals surface area contributed by atoms with Gasteiger partial charge in [-0.05, 0) is 12.1 Å². The molecule has 2 heterocycles. The lowest BCUT2D eigenvalue weighted by atomic mass is 10.1. The van der Waals surface area contributed by atoms with Gasteiger partial charge in [0.1, 0.15) is 5.82 Å². The Kier molecular flexibility index (Phi) is 6.17. The van der Waals surface area contributed by atoms with E-state index in [0.717, 1.165) is 25.5 Å². The van der Waals surface area contributed by atoms with Crippen LogP contribution in [0.1, 0.15) is 17.4 Å². The van der Waals surface area contributed by atoms with Crippen LogP contribution in [-0.4, -0.2) is 39.0 Å². The molecule has 1 aromatic heterocycles. The number of halogens is 2. The summed E-state index contributed by atoms with van der Waals surface area (Å²) in [5.74, 6) is 0.946. The van der Waals surface area contributed by atoms with E-state index in [1.807, 2.05) is 17.8 Å². The average Bonchev–Trinajstić information content (AvgIpc) is 2.93. The largest absolute Gasteiger partial charge is 0.337 e. The molecule has 1 aliphatic rings. The number of hydrogen-bond donors (Lipinski definition) is 1. The van der Waals surface area contributed by atoms with Crippen LogP contribution >= 0.6 is 24.0 Å². The molecule has 0 saturated carbocycles. The smallest absolute Gasteiger partial charge is 0.273 e. The van der Waals surface area contributed by atoms with Crippen molar-refractivity contribution in [3.8, 4) is 0 Å². The number of nitrogens with one attached hydrogen (secondary N) is 1. The SMILES string of the molecule is Cl.Cn1ccnc1C1CNCCN1Cc1cc(Cl)ccc1[N+](=O)[O-]. The number of imidazole rings is 1. The van der Waals surface area contributed by atoms with Crippen LogP contribution in [0.2, 0.25) is 5.02 Å². The predicted molar refractivity (Wildman–Crippen MR) is 94.6 cm³/mol. The van der Waals surface area contributed by atoms with Gasteiger partial charge in [0.2, 0.25) is 0 Å². The minimum Gasteiger partial charge on any atom is -0.337 e. The van der Waals surface area contributed by atoms with E-state index in [1.54, 1.807) is 18.3 Å². The molecule has 1 aliphatic heterocycles. The number of nitrogens with zero attached hydrogens (tertiary/aromatic N) is 4. The first kappa shape index (κ1) is 18.7. The van der Waals surface area contributed by atoms with E-state index in [9.17, 15) is 10.1 Å². The predicted octanol–water partition coefficient (Wildman–Crippen LogP) is 2.55. The van der Waals surface area contributed by atoms with Crippen molar-refractivity contribution in [2.75, 3.05) is 19.6 Å². The minimum absolute atomic E-state index is 0. The van der Waals surface area contributed by atoms with Gasteiger partial charge in [0.25, 0.3) is 5.69 Å². The summed E-state index contributed by atoms with van der Waals surface area (Å²) in [6.07, 6.45) is 3.67. The summed E-state index contributed by atoms with van der Waals surface area (Å²) in [5.41, 5.74) is 0.732. The molecule has 130 valence electrons. The van der Waals surface area contributed by atoms with E-state index < -0.39 is 0 Å². The molecule has 9 heteroatoms. The molecule has 0 aliphatic carbocycles. The quantitative estimate of drug-likeness (QED) is 0.660. The summed E-state index contributed by atoms with van der Waals surface area (Å²) in [4.78, 5) is 17.5. The number of nitro groups is 1. The highest BCUT2D eigenvalue weighted by Gasteiger charge is 2.28. The van der Waals surface area contributed by atoms with Crippen LogP contribution in [0.4, 0.5) is 5.69 Å². The summed E-state index contributed by atoms with van der Waals surface area (Å²) in [6.45, 7) is 2.87. The summed E-state index contributed by atoms with van der Waals surface area (Å²) < 4.78 is 1.98. The number of hydrogen-bond acceptors (Lipinski definition) is 5. The van der Waals surface area contributed by atoms with Crippen molar-refractivity contribution in [3.05, 3.63) is 57.1 Å². The topological polar surface area (TPSA) is 76.2 Å². The van der Waals surface area contributed by atoms with E-state index in [0.29, 0.717) is 17.1 Å². The highest BCUT2D eigenvalue weighted by Crippen LogP contribution is 2.28. The van der Waals surface area contributed by atoms with Gasteiger partial charge in [0.05, 0.1) is 11.0 Å². The van der Waals surface area contributed by atoms with E-state index in [-0.39, 0.29) is 29.1 Å². The molecule has 1 saturated heterocycles. The van der Waals surface area contributed by atoms with Gasteiger partial charge >= 0.3 is 0 Å². The zero-order chi connectivity index (χ0) is 16.4. The number of nitro benzene ring substituents is 1. The Labute approximate surface area is 151 Å². The zero-order valence-corrected chi connectivity index (χ0v) is 14.8. The first-order valence-electron chi connectivity index (χ1n) is 7.41. The maximum Gasteiger partial charge on any atom is 0.273 e. The molecule has 1 unspecified atom stereocenters. The first-order valence-corrected chi connectivity index (χ1v) is 7.79. The first-order chi connectivity index (χ1) is 11.1. The molecule has 0 bridgehead atoms. The van der Waals surface area contributed by atoms with E-state index in [2.05, 4.69) is 15.2 Å². The molecule has 24 heavy (non-hydrogen) atoms. The number of rotatable bonds is 4. The number of piperazine rings is 1. The van der Waals surface area contributed by atoms with Crippen molar-refractivity contribution in [1.82, 2.24) is 19.8 Å². The lowest BCUT2D eigenvalue weighted by Crippen LogP contribution is -2.46. The number of aromatic nitrogens is 2. The lowest BCUT2D eigenvalue weighted by Gasteiger charge is -2.35. The molecule has 1 N–H and O–H groups in total. The third kappa shape index (κ3) is 3.87. The van der Waals surface area contributed by atoms with Crippen molar-refractivity contribution in [2.24, 2.45) is 7.05 Å². The molecule has 2 aromatic rings.